The normalized spacial score (nSPS) is 16.8. The van der Waals surface area contributed by atoms with Gasteiger partial charge in [-0.25, -0.2) is 4.68 Å². The third-order valence-electron chi connectivity index (χ3n) is 6.20. The molecule has 1 aliphatic rings. The average Bonchev–Trinajstić information content (AvgIpc) is 3.20. The van der Waals surface area contributed by atoms with Gasteiger partial charge in [0.15, 0.2) is 5.82 Å². The molecule has 1 atom stereocenters. The molecule has 160 valence electrons. The number of hydrogen-bond acceptors (Lipinski definition) is 6. The lowest BCUT2D eigenvalue weighted by Gasteiger charge is -2.35. The summed E-state index contributed by atoms with van der Waals surface area (Å²) in [4.78, 5) is 18.7. The Labute approximate surface area is 176 Å². The van der Waals surface area contributed by atoms with Gasteiger partial charge in [-0.05, 0) is 67.6 Å². The number of tetrazole rings is 1. The third-order valence-corrected chi connectivity index (χ3v) is 6.20. The van der Waals surface area contributed by atoms with Crippen LogP contribution in [-0.2, 0) is 10.3 Å². The molecule has 0 amide bonds. The maximum absolute atomic E-state index is 13.3. The van der Waals surface area contributed by atoms with Crippen LogP contribution in [0.4, 0.5) is 0 Å². The molecule has 0 radical (unpaired) electrons. The first-order chi connectivity index (χ1) is 14.3. The number of H-pyrrole nitrogens is 1. The number of hydrogen-bond donors (Lipinski definition) is 1. The molecule has 0 aliphatic carbocycles. The van der Waals surface area contributed by atoms with Crippen LogP contribution in [0.1, 0.15) is 55.7 Å². The molecule has 30 heavy (non-hydrogen) atoms. The molecule has 1 fully saturated rings. The molecule has 2 aromatic heterocycles. The molecular weight excluding hydrogens is 380 g/mol. The Morgan fingerprint density at radius 3 is 2.63 bits per heavy atom. The summed E-state index contributed by atoms with van der Waals surface area (Å²) in [5.41, 5.74) is 3.40. The zero-order valence-electron chi connectivity index (χ0n) is 18.4. The van der Waals surface area contributed by atoms with E-state index in [4.69, 9.17) is 4.74 Å². The first kappa shape index (κ1) is 20.7. The fourth-order valence-corrected chi connectivity index (χ4v) is 4.19. The van der Waals surface area contributed by atoms with Gasteiger partial charge in [0.05, 0.1) is 24.3 Å². The number of aryl methyl sites for hydroxylation is 2. The smallest absolute Gasteiger partial charge is 0.253 e. The van der Waals surface area contributed by atoms with Gasteiger partial charge in [0.25, 0.3) is 5.56 Å². The topological polar surface area (TPSA) is 88.9 Å². The minimum absolute atomic E-state index is 0.102. The van der Waals surface area contributed by atoms with Crippen LogP contribution in [0.15, 0.2) is 23.0 Å². The van der Waals surface area contributed by atoms with Gasteiger partial charge in [-0.3, -0.25) is 9.69 Å². The molecule has 3 heterocycles. The van der Waals surface area contributed by atoms with Gasteiger partial charge >= 0.3 is 0 Å². The number of fused-ring (bicyclic) bond motifs is 1. The van der Waals surface area contributed by atoms with Crippen molar-refractivity contribution in [2.45, 2.75) is 52.6 Å². The van der Waals surface area contributed by atoms with Crippen molar-refractivity contribution >= 4 is 10.9 Å². The fraction of sp³-hybridized carbons (Fsp3) is 0.545. The lowest BCUT2D eigenvalue weighted by atomic mass is 9.98. The highest BCUT2D eigenvalue weighted by Crippen LogP contribution is 2.31. The van der Waals surface area contributed by atoms with Crippen molar-refractivity contribution in [2.24, 2.45) is 0 Å². The summed E-state index contributed by atoms with van der Waals surface area (Å²) in [6, 6.07) is 5.86. The number of benzene rings is 1. The van der Waals surface area contributed by atoms with Gasteiger partial charge in [-0.2, -0.15) is 0 Å². The standard InChI is InChI=1S/C22H30N6O2/c1-6-22(4,5)28-20(24-25-26-28)19(27-7-9-30-10-8-27)17-13-16-12-14(2)11-15(3)18(16)23-21(17)29/h11-13,19H,6-10H2,1-5H3,(H,23,29)/t19-/m1/s1. The quantitative estimate of drug-likeness (QED) is 0.696. The van der Waals surface area contributed by atoms with Gasteiger partial charge in [0.2, 0.25) is 0 Å². The summed E-state index contributed by atoms with van der Waals surface area (Å²) in [7, 11) is 0. The van der Waals surface area contributed by atoms with Crippen molar-refractivity contribution in [1.82, 2.24) is 30.1 Å². The fourth-order valence-electron chi connectivity index (χ4n) is 4.19. The Hall–Kier alpha value is -2.58. The van der Waals surface area contributed by atoms with Crippen LogP contribution < -0.4 is 5.56 Å². The summed E-state index contributed by atoms with van der Waals surface area (Å²) in [6.45, 7) is 13.1. The van der Waals surface area contributed by atoms with Crippen LogP contribution in [0.5, 0.6) is 0 Å². The maximum atomic E-state index is 13.3. The predicted molar refractivity (Wildman–Crippen MR) is 116 cm³/mol. The van der Waals surface area contributed by atoms with E-state index in [-0.39, 0.29) is 17.1 Å². The molecule has 3 aromatic rings. The van der Waals surface area contributed by atoms with Crippen LogP contribution >= 0.6 is 0 Å². The zero-order valence-corrected chi connectivity index (χ0v) is 18.4. The lowest BCUT2D eigenvalue weighted by molar-refractivity contribution is 0.0204. The number of rotatable bonds is 5. The molecule has 1 N–H and O–H groups in total. The van der Waals surface area contributed by atoms with Crippen LogP contribution in [0, 0.1) is 13.8 Å². The molecule has 0 unspecified atom stereocenters. The minimum atomic E-state index is -0.344. The Morgan fingerprint density at radius 2 is 1.93 bits per heavy atom. The van der Waals surface area contributed by atoms with Crippen LogP contribution in [-0.4, -0.2) is 56.4 Å². The summed E-state index contributed by atoms with van der Waals surface area (Å²) in [5.74, 6) is 0.693. The second kappa shape index (κ2) is 7.92. The highest BCUT2D eigenvalue weighted by Gasteiger charge is 2.34. The van der Waals surface area contributed by atoms with E-state index in [0.29, 0.717) is 37.7 Å². The van der Waals surface area contributed by atoms with Crippen molar-refractivity contribution in [1.29, 1.82) is 0 Å². The zero-order chi connectivity index (χ0) is 21.5. The Bertz CT molecular complexity index is 1110. The molecular formula is C22H30N6O2. The summed E-state index contributed by atoms with van der Waals surface area (Å²) in [6.07, 6.45) is 0.868. The summed E-state index contributed by atoms with van der Waals surface area (Å²) in [5, 5.41) is 13.7. The number of aromatic nitrogens is 5. The van der Waals surface area contributed by atoms with Crippen LogP contribution in [0.2, 0.25) is 0 Å². The Balaban J connectivity index is 1.93. The molecule has 0 spiro atoms. The Morgan fingerprint density at radius 1 is 1.20 bits per heavy atom. The van der Waals surface area contributed by atoms with Crippen molar-refractivity contribution < 1.29 is 4.74 Å². The van der Waals surface area contributed by atoms with E-state index < -0.39 is 0 Å². The van der Waals surface area contributed by atoms with Crippen molar-refractivity contribution in [3.05, 3.63) is 51.1 Å². The van der Waals surface area contributed by atoms with E-state index in [2.05, 4.69) is 65.2 Å². The SMILES string of the molecule is CCC(C)(C)n1nnnc1[C@@H](c1cc2cc(C)cc(C)c2[nH]c1=O)N1CCOCC1. The van der Waals surface area contributed by atoms with Gasteiger partial charge < -0.3 is 9.72 Å². The first-order valence-corrected chi connectivity index (χ1v) is 10.6. The van der Waals surface area contributed by atoms with E-state index >= 15 is 0 Å². The third kappa shape index (κ3) is 3.65. The monoisotopic (exact) mass is 410 g/mol. The van der Waals surface area contributed by atoms with Crippen molar-refractivity contribution in [2.75, 3.05) is 26.3 Å². The molecule has 1 saturated heterocycles. The minimum Gasteiger partial charge on any atom is -0.379 e. The van der Waals surface area contributed by atoms with Crippen molar-refractivity contribution in [3.63, 3.8) is 0 Å². The second-order valence-corrected chi connectivity index (χ2v) is 8.77. The first-order valence-electron chi connectivity index (χ1n) is 10.6. The molecule has 1 aromatic carbocycles. The molecule has 8 nitrogen and oxygen atoms in total. The highest BCUT2D eigenvalue weighted by molar-refractivity contribution is 5.83. The van der Waals surface area contributed by atoms with Gasteiger partial charge in [0.1, 0.15) is 6.04 Å². The van der Waals surface area contributed by atoms with E-state index in [1.165, 1.54) is 0 Å². The number of morpholine rings is 1. The number of nitrogens with zero attached hydrogens (tertiary/aromatic N) is 5. The van der Waals surface area contributed by atoms with Crippen LogP contribution in [0.25, 0.3) is 10.9 Å². The largest absolute Gasteiger partial charge is 0.379 e. The number of pyridine rings is 1. The predicted octanol–water partition coefficient (Wildman–Crippen LogP) is 2.70. The van der Waals surface area contributed by atoms with Gasteiger partial charge in [-0.1, -0.05) is 18.6 Å². The molecule has 4 rings (SSSR count). The lowest BCUT2D eigenvalue weighted by Crippen LogP contribution is -2.43. The van der Waals surface area contributed by atoms with E-state index in [1.807, 2.05) is 17.7 Å². The van der Waals surface area contributed by atoms with Crippen LogP contribution in [0.3, 0.4) is 0 Å². The van der Waals surface area contributed by atoms with E-state index in [9.17, 15) is 4.79 Å². The van der Waals surface area contributed by atoms with E-state index in [0.717, 1.165) is 28.5 Å². The highest BCUT2D eigenvalue weighted by atomic mass is 16.5. The maximum Gasteiger partial charge on any atom is 0.253 e. The molecule has 0 saturated carbocycles. The van der Waals surface area contributed by atoms with Crippen molar-refractivity contribution in [3.8, 4) is 0 Å². The number of nitrogens with one attached hydrogen (secondary N) is 1. The van der Waals surface area contributed by atoms with Gasteiger partial charge in [0, 0.05) is 18.7 Å². The molecule has 8 heteroatoms. The second-order valence-electron chi connectivity index (χ2n) is 8.77. The average molecular weight is 411 g/mol. The number of ether oxygens (including phenoxy) is 1. The molecule has 0 bridgehead atoms. The summed E-state index contributed by atoms with van der Waals surface area (Å²) < 4.78 is 7.44. The number of aromatic amines is 1. The molecule has 1 aliphatic heterocycles. The Kier molecular flexibility index (Phi) is 5.46. The van der Waals surface area contributed by atoms with E-state index in [1.54, 1.807) is 0 Å². The summed E-state index contributed by atoms with van der Waals surface area (Å²) >= 11 is 0. The van der Waals surface area contributed by atoms with Gasteiger partial charge in [-0.15, -0.1) is 5.10 Å².